The summed E-state index contributed by atoms with van der Waals surface area (Å²) in [5, 5.41) is 10.8. The topological polar surface area (TPSA) is 120 Å². The zero-order valence-corrected chi connectivity index (χ0v) is 29.6. The Morgan fingerprint density at radius 2 is 1.44 bits per heavy atom. The first-order valence-corrected chi connectivity index (χ1v) is 18.6. The van der Waals surface area contributed by atoms with Crippen molar-refractivity contribution in [1.82, 2.24) is 5.48 Å². The van der Waals surface area contributed by atoms with Crippen LogP contribution in [0, 0.1) is 11.8 Å². The summed E-state index contributed by atoms with van der Waals surface area (Å²) >= 11 is 0. The second-order valence-corrected chi connectivity index (χ2v) is 18.1. The van der Waals surface area contributed by atoms with Crippen molar-refractivity contribution in [2.75, 3.05) is 6.61 Å². The molecule has 3 atom stereocenters. The summed E-state index contributed by atoms with van der Waals surface area (Å²) in [7, 11) is -2.85. The largest absolute Gasteiger partial charge is 0.481 e. The molecule has 1 aliphatic rings. The maximum atomic E-state index is 13.2. The third kappa shape index (κ3) is 9.62. The highest BCUT2D eigenvalue weighted by Gasteiger charge is 2.52. The van der Waals surface area contributed by atoms with E-state index >= 15 is 0 Å². The van der Waals surface area contributed by atoms with E-state index in [1.54, 1.807) is 0 Å². The van der Waals surface area contributed by atoms with Gasteiger partial charge in [0.1, 0.15) is 12.7 Å². The molecule has 10 heteroatoms. The predicted octanol–water partition coefficient (Wildman–Crippen LogP) is 5.54. The van der Waals surface area contributed by atoms with Gasteiger partial charge in [0, 0.05) is 12.8 Å². The van der Waals surface area contributed by atoms with Gasteiger partial charge in [-0.25, -0.2) is 0 Å². The SMILES string of the molecule is CC(C)C[C@@H]1C(=O)O[C@H](CO[Si](c2ccccc2)(c2ccccc2)C(C)(C)C)[C@H]1NOCc1ccc(COC(=O)CCCC(=O)O)cc1. The van der Waals surface area contributed by atoms with Crippen molar-refractivity contribution in [3.8, 4) is 0 Å². The van der Waals surface area contributed by atoms with E-state index in [0.717, 1.165) is 21.5 Å². The van der Waals surface area contributed by atoms with E-state index in [2.05, 4.69) is 64.4 Å². The number of ether oxygens (including phenoxy) is 2. The normalized spacial score (nSPS) is 18.1. The lowest BCUT2D eigenvalue weighted by Gasteiger charge is -2.43. The van der Waals surface area contributed by atoms with Crippen LogP contribution >= 0.6 is 0 Å². The second-order valence-electron chi connectivity index (χ2n) is 13.8. The van der Waals surface area contributed by atoms with E-state index in [4.69, 9.17) is 23.8 Å². The summed E-state index contributed by atoms with van der Waals surface area (Å²) in [6.07, 6.45) is 0.360. The molecular formula is C38H49NO8Si. The van der Waals surface area contributed by atoms with Gasteiger partial charge in [-0.05, 0) is 45.3 Å². The molecule has 2 N–H and O–H groups in total. The summed E-state index contributed by atoms with van der Waals surface area (Å²) < 4.78 is 18.4. The first kappa shape index (κ1) is 37.0. The standard InChI is InChI=1S/C38H49NO8Si/c1-27(2)23-32-36(39-45-25-29-21-19-28(20-22-29)24-44-35(42)18-12-17-34(40)41)33(47-37(32)43)26-46-48(38(3,4)5,30-13-8-6-9-14-30)31-15-10-7-11-16-31/h6-11,13-16,19-22,27,32-33,36,39H,12,17-18,23-26H2,1-5H3,(H,40,41)/t32-,33+,36-/m0/s1. The van der Waals surface area contributed by atoms with E-state index in [0.29, 0.717) is 6.42 Å². The van der Waals surface area contributed by atoms with Gasteiger partial charge < -0.3 is 19.0 Å². The van der Waals surface area contributed by atoms with E-state index in [9.17, 15) is 14.4 Å². The molecule has 3 aromatic rings. The molecule has 0 amide bonds. The summed E-state index contributed by atoms with van der Waals surface area (Å²) in [5.41, 5.74) is 4.89. The monoisotopic (exact) mass is 675 g/mol. The van der Waals surface area contributed by atoms with Crippen molar-refractivity contribution < 1.29 is 38.2 Å². The Morgan fingerprint density at radius 3 is 1.96 bits per heavy atom. The molecule has 0 radical (unpaired) electrons. The number of nitrogens with one attached hydrogen (secondary N) is 1. The summed E-state index contributed by atoms with van der Waals surface area (Å²) in [6, 6.07) is 27.9. The highest BCUT2D eigenvalue weighted by molar-refractivity contribution is 6.99. The van der Waals surface area contributed by atoms with Crippen LogP contribution < -0.4 is 15.9 Å². The lowest BCUT2D eigenvalue weighted by molar-refractivity contribution is -0.146. The van der Waals surface area contributed by atoms with Gasteiger partial charge in [0.15, 0.2) is 0 Å². The predicted molar refractivity (Wildman–Crippen MR) is 186 cm³/mol. The molecule has 0 aliphatic carbocycles. The Balaban J connectivity index is 1.44. The number of hydrogen-bond donors (Lipinski definition) is 2. The Kier molecular flexibility index (Phi) is 13.1. The average Bonchev–Trinajstić information content (AvgIpc) is 3.34. The Hall–Kier alpha value is -3.83. The fraction of sp³-hybridized carbons (Fsp3) is 0.447. The Labute approximate surface area is 285 Å². The first-order chi connectivity index (χ1) is 22.9. The van der Waals surface area contributed by atoms with Crippen LogP contribution in [0.4, 0.5) is 0 Å². The fourth-order valence-electron chi connectivity index (χ4n) is 6.30. The molecule has 0 spiro atoms. The molecule has 258 valence electrons. The Bertz CT molecular complexity index is 1430. The smallest absolute Gasteiger partial charge is 0.311 e. The molecule has 0 unspecified atom stereocenters. The minimum atomic E-state index is -2.85. The molecule has 0 saturated carbocycles. The number of rotatable bonds is 17. The number of cyclic esters (lactones) is 1. The van der Waals surface area contributed by atoms with Crippen molar-refractivity contribution in [2.24, 2.45) is 11.8 Å². The van der Waals surface area contributed by atoms with Crippen molar-refractivity contribution in [2.45, 2.75) is 90.7 Å². The number of hydroxylamine groups is 1. The van der Waals surface area contributed by atoms with Crippen LogP contribution in [0.3, 0.4) is 0 Å². The minimum absolute atomic E-state index is 0.0637. The van der Waals surface area contributed by atoms with Crippen molar-refractivity contribution >= 4 is 36.6 Å². The number of aliphatic carboxylic acids is 1. The number of carbonyl (C=O) groups excluding carboxylic acids is 2. The number of benzene rings is 3. The van der Waals surface area contributed by atoms with Gasteiger partial charge in [0.25, 0.3) is 8.32 Å². The third-order valence-corrected chi connectivity index (χ3v) is 13.7. The van der Waals surface area contributed by atoms with Crippen LogP contribution in [0.15, 0.2) is 84.9 Å². The van der Waals surface area contributed by atoms with Gasteiger partial charge in [-0.3, -0.25) is 19.2 Å². The van der Waals surface area contributed by atoms with Gasteiger partial charge in [0.05, 0.1) is 25.2 Å². The van der Waals surface area contributed by atoms with Crippen LogP contribution in [0.25, 0.3) is 0 Å². The van der Waals surface area contributed by atoms with Gasteiger partial charge in [0.2, 0.25) is 0 Å². The van der Waals surface area contributed by atoms with Gasteiger partial charge in [-0.2, -0.15) is 5.48 Å². The quantitative estimate of drug-likeness (QED) is 0.108. The maximum Gasteiger partial charge on any atom is 0.311 e. The van der Waals surface area contributed by atoms with Crippen LogP contribution in [0.1, 0.15) is 71.4 Å². The van der Waals surface area contributed by atoms with Gasteiger partial charge in [-0.15, -0.1) is 0 Å². The molecule has 9 nitrogen and oxygen atoms in total. The van der Waals surface area contributed by atoms with E-state index in [-0.39, 0.29) is 61.9 Å². The van der Waals surface area contributed by atoms with Crippen LogP contribution in [-0.2, 0) is 46.3 Å². The lowest BCUT2D eigenvalue weighted by Crippen LogP contribution is -2.67. The van der Waals surface area contributed by atoms with E-state index in [1.165, 1.54) is 0 Å². The fourth-order valence-corrected chi connectivity index (χ4v) is 10.9. The molecule has 1 heterocycles. The van der Waals surface area contributed by atoms with Crippen LogP contribution in [-0.4, -0.2) is 50.1 Å². The summed E-state index contributed by atoms with van der Waals surface area (Å²) in [4.78, 5) is 41.8. The minimum Gasteiger partial charge on any atom is -0.481 e. The number of hydrogen-bond acceptors (Lipinski definition) is 8. The van der Waals surface area contributed by atoms with Crippen molar-refractivity contribution in [1.29, 1.82) is 0 Å². The summed E-state index contributed by atoms with van der Waals surface area (Å²) in [5.74, 6) is -1.71. The molecule has 1 fully saturated rings. The molecule has 0 bridgehead atoms. The molecule has 4 rings (SSSR count). The third-order valence-electron chi connectivity index (χ3n) is 8.66. The highest BCUT2D eigenvalue weighted by atomic mass is 28.4. The van der Waals surface area contributed by atoms with Gasteiger partial charge >= 0.3 is 17.9 Å². The van der Waals surface area contributed by atoms with Crippen LogP contribution in [0.5, 0.6) is 0 Å². The average molecular weight is 676 g/mol. The second kappa shape index (κ2) is 17.0. The molecule has 48 heavy (non-hydrogen) atoms. The molecular weight excluding hydrogens is 627 g/mol. The summed E-state index contributed by atoms with van der Waals surface area (Å²) in [6.45, 7) is 11.4. The number of carbonyl (C=O) groups is 3. The lowest BCUT2D eigenvalue weighted by atomic mass is 9.90. The van der Waals surface area contributed by atoms with E-state index < -0.39 is 32.4 Å². The first-order valence-electron chi connectivity index (χ1n) is 16.7. The maximum absolute atomic E-state index is 13.2. The molecule has 1 aliphatic heterocycles. The van der Waals surface area contributed by atoms with Crippen molar-refractivity contribution in [3.05, 3.63) is 96.1 Å². The van der Waals surface area contributed by atoms with Crippen molar-refractivity contribution in [3.63, 3.8) is 0 Å². The zero-order valence-electron chi connectivity index (χ0n) is 28.6. The molecule has 3 aromatic carbocycles. The Morgan fingerprint density at radius 1 is 0.875 bits per heavy atom. The number of esters is 2. The number of carboxylic acids is 1. The molecule has 0 aromatic heterocycles. The van der Waals surface area contributed by atoms with Crippen LogP contribution in [0.2, 0.25) is 5.04 Å². The highest BCUT2D eigenvalue weighted by Crippen LogP contribution is 2.38. The molecule has 1 saturated heterocycles. The zero-order chi connectivity index (χ0) is 34.7. The van der Waals surface area contributed by atoms with E-state index in [1.807, 2.05) is 60.7 Å². The number of carboxylic acid groups (broad SMARTS) is 1. The van der Waals surface area contributed by atoms with Gasteiger partial charge in [-0.1, -0.05) is 120 Å².